The Kier molecular flexibility index (Phi) is 3.02. The van der Waals surface area contributed by atoms with Crippen LogP contribution < -0.4 is 0 Å². The van der Waals surface area contributed by atoms with Gasteiger partial charge in [-0.15, -0.1) is 0 Å². The number of carbonyl (C=O) groups is 1. The largest absolute Gasteiger partial charge is 0.464 e. The van der Waals surface area contributed by atoms with Crippen molar-refractivity contribution in [2.45, 2.75) is 13.7 Å². The number of hydrogen-bond donors (Lipinski definition) is 0. The van der Waals surface area contributed by atoms with E-state index >= 15 is 0 Å². The summed E-state index contributed by atoms with van der Waals surface area (Å²) in [6.45, 7) is 2.18. The second-order valence-corrected chi connectivity index (χ2v) is 2.58. The molecule has 13 heavy (non-hydrogen) atoms. The standard InChI is InChI=1S/C8H12N2O3/c1-6-4-7(8(11)13-3)9-10(6)5-12-2/h4H,5H2,1-3H3. The van der Waals surface area contributed by atoms with Gasteiger partial charge in [0.15, 0.2) is 5.69 Å². The van der Waals surface area contributed by atoms with E-state index in [4.69, 9.17) is 4.74 Å². The molecule has 1 rings (SSSR count). The number of ether oxygens (including phenoxy) is 2. The molecule has 0 aromatic carbocycles. The Labute approximate surface area is 76.3 Å². The molecule has 0 aliphatic carbocycles. The molecule has 0 bridgehead atoms. The normalized spacial score (nSPS) is 10.1. The number of aromatic nitrogens is 2. The Hall–Kier alpha value is -1.36. The van der Waals surface area contributed by atoms with E-state index in [9.17, 15) is 4.79 Å². The summed E-state index contributed by atoms with van der Waals surface area (Å²) < 4.78 is 11.0. The van der Waals surface area contributed by atoms with Gasteiger partial charge in [0.2, 0.25) is 0 Å². The van der Waals surface area contributed by atoms with Gasteiger partial charge >= 0.3 is 5.97 Å². The number of carbonyl (C=O) groups excluding carboxylic acids is 1. The fraction of sp³-hybridized carbons (Fsp3) is 0.500. The van der Waals surface area contributed by atoms with Crippen molar-refractivity contribution >= 4 is 5.97 Å². The lowest BCUT2D eigenvalue weighted by Gasteiger charge is -2.00. The molecule has 72 valence electrons. The first kappa shape index (κ1) is 9.73. The molecule has 5 heteroatoms. The van der Waals surface area contributed by atoms with Gasteiger partial charge in [-0.3, -0.25) is 0 Å². The van der Waals surface area contributed by atoms with Crippen LogP contribution in [-0.4, -0.2) is 30.0 Å². The summed E-state index contributed by atoms with van der Waals surface area (Å²) in [5.74, 6) is -0.432. The molecular formula is C8H12N2O3. The van der Waals surface area contributed by atoms with E-state index < -0.39 is 5.97 Å². The molecule has 0 atom stereocenters. The molecule has 0 N–H and O–H groups in total. The highest BCUT2D eigenvalue weighted by Crippen LogP contribution is 2.04. The minimum Gasteiger partial charge on any atom is -0.464 e. The zero-order valence-corrected chi connectivity index (χ0v) is 7.90. The summed E-state index contributed by atoms with van der Waals surface area (Å²) in [5.41, 5.74) is 1.17. The highest BCUT2D eigenvalue weighted by atomic mass is 16.5. The summed E-state index contributed by atoms with van der Waals surface area (Å²) in [6.07, 6.45) is 0. The summed E-state index contributed by atoms with van der Waals surface area (Å²) in [6, 6.07) is 1.66. The van der Waals surface area contributed by atoms with Crippen molar-refractivity contribution in [1.29, 1.82) is 0 Å². The monoisotopic (exact) mass is 184 g/mol. The number of aryl methyl sites for hydroxylation is 1. The second kappa shape index (κ2) is 4.04. The molecule has 1 aromatic rings. The second-order valence-electron chi connectivity index (χ2n) is 2.58. The van der Waals surface area contributed by atoms with E-state index in [0.717, 1.165) is 5.69 Å². The van der Waals surface area contributed by atoms with Crippen LogP contribution in [0.25, 0.3) is 0 Å². The van der Waals surface area contributed by atoms with Gasteiger partial charge in [0, 0.05) is 12.8 Å². The zero-order valence-electron chi connectivity index (χ0n) is 7.90. The van der Waals surface area contributed by atoms with E-state index in [0.29, 0.717) is 12.4 Å². The quantitative estimate of drug-likeness (QED) is 0.645. The molecule has 0 saturated carbocycles. The lowest BCUT2D eigenvalue weighted by molar-refractivity contribution is 0.0589. The van der Waals surface area contributed by atoms with Gasteiger partial charge in [-0.1, -0.05) is 0 Å². The molecule has 0 fully saturated rings. The Morgan fingerprint density at radius 2 is 2.31 bits per heavy atom. The molecule has 5 nitrogen and oxygen atoms in total. The molecule has 1 aromatic heterocycles. The third kappa shape index (κ3) is 2.06. The van der Waals surface area contributed by atoms with Gasteiger partial charge in [-0.25, -0.2) is 9.48 Å². The number of rotatable bonds is 3. The van der Waals surface area contributed by atoms with Crippen molar-refractivity contribution in [2.75, 3.05) is 14.2 Å². The van der Waals surface area contributed by atoms with E-state index in [1.807, 2.05) is 6.92 Å². The van der Waals surface area contributed by atoms with Crippen molar-refractivity contribution < 1.29 is 14.3 Å². The van der Waals surface area contributed by atoms with Crippen LogP contribution in [0.4, 0.5) is 0 Å². The number of esters is 1. The Bertz CT molecular complexity index is 306. The lowest BCUT2D eigenvalue weighted by Crippen LogP contribution is -2.07. The van der Waals surface area contributed by atoms with Gasteiger partial charge in [-0.05, 0) is 13.0 Å². The molecular weight excluding hydrogens is 172 g/mol. The van der Waals surface area contributed by atoms with E-state index in [2.05, 4.69) is 9.84 Å². The van der Waals surface area contributed by atoms with Crippen LogP contribution in [0.2, 0.25) is 0 Å². The Morgan fingerprint density at radius 3 is 2.85 bits per heavy atom. The predicted molar refractivity (Wildman–Crippen MR) is 45.3 cm³/mol. The number of hydrogen-bond acceptors (Lipinski definition) is 4. The van der Waals surface area contributed by atoms with Crippen molar-refractivity contribution in [3.8, 4) is 0 Å². The van der Waals surface area contributed by atoms with Crippen LogP contribution in [0.1, 0.15) is 16.2 Å². The third-order valence-corrected chi connectivity index (χ3v) is 1.63. The van der Waals surface area contributed by atoms with Crippen LogP contribution in [-0.2, 0) is 16.2 Å². The average molecular weight is 184 g/mol. The zero-order chi connectivity index (χ0) is 9.84. The van der Waals surface area contributed by atoms with Gasteiger partial charge in [0.1, 0.15) is 6.73 Å². The molecule has 0 spiro atoms. The first-order valence-electron chi connectivity index (χ1n) is 3.80. The van der Waals surface area contributed by atoms with Crippen LogP contribution in [0.3, 0.4) is 0 Å². The molecule has 0 saturated heterocycles. The van der Waals surface area contributed by atoms with Crippen molar-refractivity contribution in [3.63, 3.8) is 0 Å². The smallest absolute Gasteiger partial charge is 0.358 e. The van der Waals surface area contributed by atoms with Gasteiger partial charge in [0.05, 0.1) is 7.11 Å². The molecule has 0 unspecified atom stereocenters. The predicted octanol–water partition coefficient (Wildman–Crippen LogP) is 0.582. The van der Waals surface area contributed by atoms with Crippen molar-refractivity contribution in [2.24, 2.45) is 0 Å². The lowest BCUT2D eigenvalue weighted by atomic mass is 10.4. The average Bonchev–Trinajstić information content (AvgIpc) is 2.47. The highest BCUT2D eigenvalue weighted by molar-refractivity contribution is 5.87. The first-order valence-corrected chi connectivity index (χ1v) is 3.80. The molecule has 0 amide bonds. The van der Waals surface area contributed by atoms with Crippen molar-refractivity contribution in [3.05, 3.63) is 17.5 Å². The minimum absolute atomic E-state index is 0.303. The maximum Gasteiger partial charge on any atom is 0.358 e. The van der Waals surface area contributed by atoms with Crippen LogP contribution in [0, 0.1) is 6.92 Å². The van der Waals surface area contributed by atoms with E-state index in [1.54, 1.807) is 17.9 Å². The van der Waals surface area contributed by atoms with Crippen molar-refractivity contribution in [1.82, 2.24) is 9.78 Å². The maximum absolute atomic E-state index is 11.0. The van der Waals surface area contributed by atoms with Gasteiger partial charge in [-0.2, -0.15) is 5.10 Å². The fourth-order valence-electron chi connectivity index (χ4n) is 0.967. The van der Waals surface area contributed by atoms with E-state index in [-0.39, 0.29) is 0 Å². The summed E-state index contributed by atoms with van der Waals surface area (Å²) in [5, 5.41) is 3.99. The van der Waals surface area contributed by atoms with Gasteiger partial charge in [0.25, 0.3) is 0 Å². The maximum atomic E-state index is 11.0. The number of nitrogens with zero attached hydrogens (tertiary/aromatic N) is 2. The Balaban J connectivity index is 2.88. The minimum atomic E-state index is -0.432. The SMILES string of the molecule is COCn1nc(C(=O)OC)cc1C. The van der Waals surface area contributed by atoms with Crippen LogP contribution >= 0.6 is 0 Å². The van der Waals surface area contributed by atoms with Gasteiger partial charge < -0.3 is 9.47 Å². The highest BCUT2D eigenvalue weighted by Gasteiger charge is 2.11. The van der Waals surface area contributed by atoms with Crippen LogP contribution in [0.5, 0.6) is 0 Å². The fourth-order valence-corrected chi connectivity index (χ4v) is 0.967. The first-order chi connectivity index (χ1) is 6.19. The third-order valence-electron chi connectivity index (χ3n) is 1.63. The number of methoxy groups -OCH3 is 2. The molecule has 0 radical (unpaired) electrons. The summed E-state index contributed by atoms with van der Waals surface area (Å²) >= 11 is 0. The van der Waals surface area contributed by atoms with Crippen LogP contribution in [0.15, 0.2) is 6.07 Å². The molecule has 0 aliphatic rings. The summed E-state index contributed by atoms with van der Waals surface area (Å²) in [7, 11) is 2.89. The molecule has 1 heterocycles. The van der Waals surface area contributed by atoms with E-state index in [1.165, 1.54) is 7.11 Å². The topological polar surface area (TPSA) is 53.4 Å². The molecule has 0 aliphatic heterocycles. The summed E-state index contributed by atoms with van der Waals surface area (Å²) in [4.78, 5) is 11.0. The Morgan fingerprint density at radius 1 is 1.62 bits per heavy atom.